The van der Waals surface area contributed by atoms with E-state index in [4.69, 9.17) is 4.42 Å². The van der Waals surface area contributed by atoms with Gasteiger partial charge in [0.05, 0.1) is 11.8 Å². The molecule has 154 valence electrons. The highest BCUT2D eigenvalue weighted by Gasteiger charge is 2.18. The van der Waals surface area contributed by atoms with Crippen LogP contribution >= 0.6 is 0 Å². The molecule has 0 aliphatic heterocycles. The predicted molar refractivity (Wildman–Crippen MR) is 107 cm³/mol. The van der Waals surface area contributed by atoms with Crippen LogP contribution < -0.4 is 10.9 Å². The third kappa shape index (κ3) is 3.23. The molecule has 4 heterocycles. The number of hydrogen-bond donors (Lipinski definition) is 1. The van der Waals surface area contributed by atoms with Gasteiger partial charge in [-0.25, -0.2) is 18.3 Å². The lowest BCUT2D eigenvalue weighted by molar-refractivity contribution is -0.116. The van der Waals surface area contributed by atoms with Gasteiger partial charge in [-0.2, -0.15) is 5.10 Å². The second kappa shape index (κ2) is 7.17. The lowest BCUT2D eigenvalue weighted by Crippen LogP contribution is -2.29. The second-order valence-corrected chi connectivity index (χ2v) is 6.72. The summed E-state index contributed by atoms with van der Waals surface area (Å²) in [5.41, 5.74) is 1.01. The van der Waals surface area contributed by atoms with E-state index in [0.29, 0.717) is 22.6 Å². The Hall–Kier alpha value is -4.34. The van der Waals surface area contributed by atoms with E-state index in [9.17, 15) is 18.4 Å². The third-order valence-electron chi connectivity index (χ3n) is 4.71. The van der Waals surface area contributed by atoms with Crippen LogP contribution in [0.25, 0.3) is 28.1 Å². The maximum absolute atomic E-state index is 13.4. The van der Waals surface area contributed by atoms with E-state index in [1.165, 1.54) is 21.4 Å². The number of fused-ring (bicyclic) bond motifs is 3. The molecule has 0 radical (unpaired) electrons. The first-order chi connectivity index (χ1) is 15.0. The van der Waals surface area contributed by atoms with Crippen LogP contribution in [0.15, 0.2) is 70.2 Å². The predicted octanol–water partition coefficient (Wildman–Crippen LogP) is 3.22. The van der Waals surface area contributed by atoms with E-state index in [0.717, 1.165) is 12.1 Å². The molecule has 0 spiro atoms. The van der Waals surface area contributed by atoms with Crippen LogP contribution in [-0.2, 0) is 11.3 Å². The Bertz CT molecular complexity index is 1510. The first-order valence-corrected chi connectivity index (χ1v) is 9.17. The lowest BCUT2D eigenvalue weighted by Gasteiger charge is -2.11. The summed E-state index contributed by atoms with van der Waals surface area (Å²) in [5.74, 6) is -2.22. The zero-order valence-corrected chi connectivity index (χ0v) is 15.8. The Labute approximate surface area is 172 Å². The number of carbonyl (C=O) groups excluding carboxylic acids is 1. The number of pyridine rings is 1. The van der Waals surface area contributed by atoms with E-state index in [1.54, 1.807) is 36.5 Å². The van der Waals surface area contributed by atoms with E-state index in [2.05, 4.69) is 15.4 Å². The van der Waals surface area contributed by atoms with Gasteiger partial charge in [0, 0.05) is 24.0 Å². The van der Waals surface area contributed by atoms with Crippen LogP contribution in [0, 0.1) is 11.6 Å². The summed E-state index contributed by atoms with van der Waals surface area (Å²) in [6.45, 7) is -0.363. The average molecular weight is 421 g/mol. The molecule has 5 aromatic rings. The van der Waals surface area contributed by atoms with E-state index >= 15 is 0 Å². The zero-order valence-electron chi connectivity index (χ0n) is 15.8. The summed E-state index contributed by atoms with van der Waals surface area (Å²) in [4.78, 5) is 30.0. The Morgan fingerprint density at radius 2 is 1.94 bits per heavy atom. The monoisotopic (exact) mass is 421 g/mol. The number of nitrogens with zero attached hydrogens (tertiary/aromatic N) is 4. The van der Waals surface area contributed by atoms with Gasteiger partial charge in [0.15, 0.2) is 23.0 Å². The molecule has 0 saturated carbocycles. The molecule has 0 saturated heterocycles. The standard InChI is InChI=1S/C21H13F2N5O3/c22-13-6-5-12(9-14(13)23)25-19(29)11-27-16-3-1-7-24-20(16)28-17(21(27)30)10-15(26-28)18-4-2-8-31-18/h1-10H,11H2,(H,25,29). The minimum absolute atomic E-state index is 0.0740. The molecule has 1 aromatic carbocycles. The molecule has 0 unspecified atom stereocenters. The molecular formula is C21H13F2N5O3. The summed E-state index contributed by atoms with van der Waals surface area (Å²) in [7, 11) is 0. The van der Waals surface area contributed by atoms with Crippen molar-refractivity contribution in [2.24, 2.45) is 0 Å². The van der Waals surface area contributed by atoms with Crippen molar-refractivity contribution in [3.8, 4) is 11.5 Å². The number of rotatable bonds is 4. The minimum Gasteiger partial charge on any atom is -0.463 e. The maximum atomic E-state index is 13.4. The number of carbonyl (C=O) groups is 1. The number of amides is 1. The van der Waals surface area contributed by atoms with Crippen LogP contribution in [0.3, 0.4) is 0 Å². The molecule has 4 aromatic heterocycles. The van der Waals surface area contributed by atoms with Gasteiger partial charge in [0.25, 0.3) is 5.56 Å². The Morgan fingerprint density at radius 1 is 1.06 bits per heavy atom. The van der Waals surface area contributed by atoms with Crippen molar-refractivity contribution in [2.75, 3.05) is 5.32 Å². The number of furan rings is 1. The summed E-state index contributed by atoms with van der Waals surface area (Å²) in [6, 6.07) is 11.3. The molecule has 8 nitrogen and oxygen atoms in total. The normalized spacial score (nSPS) is 11.3. The molecule has 31 heavy (non-hydrogen) atoms. The molecule has 5 rings (SSSR count). The maximum Gasteiger partial charge on any atom is 0.277 e. The number of anilines is 1. The van der Waals surface area contributed by atoms with Crippen molar-refractivity contribution >= 4 is 28.3 Å². The number of hydrogen-bond acceptors (Lipinski definition) is 5. The highest BCUT2D eigenvalue weighted by atomic mass is 19.2. The van der Waals surface area contributed by atoms with Gasteiger partial charge in [0.1, 0.15) is 17.8 Å². The van der Waals surface area contributed by atoms with E-state index in [1.807, 2.05) is 0 Å². The van der Waals surface area contributed by atoms with Crippen LogP contribution in [0.5, 0.6) is 0 Å². The minimum atomic E-state index is -1.09. The van der Waals surface area contributed by atoms with Crippen molar-refractivity contribution in [1.82, 2.24) is 19.2 Å². The summed E-state index contributed by atoms with van der Waals surface area (Å²) in [5, 5.41) is 6.88. The first-order valence-electron chi connectivity index (χ1n) is 9.17. The van der Waals surface area contributed by atoms with Gasteiger partial charge in [0.2, 0.25) is 5.91 Å². The van der Waals surface area contributed by atoms with Crippen LogP contribution in [0.2, 0.25) is 0 Å². The third-order valence-corrected chi connectivity index (χ3v) is 4.71. The molecule has 10 heteroatoms. The van der Waals surface area contributed by atoms with Crippen molar-refractivity contribution in [2.45, 2.75) is 6.54 Å². The Kier molecular flexibility index (Phi) is 4.32. The zero-order chi connectivity index (χ0) is 21.5. The fourth-order valence-electron chi connectivity index (χ4n) is 3.32. The van der Waals surface area contributed by atoms with Gasteiger partial charge in [-0.05, 0) is 36.4 Å². The molecule has 0 bridgehead atoms. The van der Waals surface area contributed by atoms with Gasteiger partial charge in [-0.1, -0.05) is 0 Å². The van der Waals surface area contributed by atoms with Crippen LogP contribution in [0.4, 0.5) is 14.5 Å². The van der Waals surface area contributed by atoms with E-state index < -0.39 is 23.1 Å². The van der Waals surface area contributed by atoms with Crippen molar-refractivity contribution < 1.29 is 18.0 Å². The Balaban J connectivity index is 1.58. The largest absolute Gasteiger partial charge is 0.463 e. The molecule has 1 N–H and O–H groups in total. The second-order valence-electron chi connectivity index (χ2n) is 6.72. The molecule has 0 atom stereocenters. The smallest absolute Gasteiger partial charge is 0.277 e. The summed E-state index contributed by atoms with van der Waals surface area (Å²) < 4.78 is 34.5. The molecule has 0 aliphatic carbocycles. The number of benzene rings is 1. The number of halogens is 2. The molecule has 1 amide bonds. The SMILES string of the molecule is O=C(Cn1c(=O)c2cc(-c3ccco3)nn2c2ncccc21)Nc1ccc(F)c(F)c1. The van der Waals surface area contributed by atoms with Gasteiger partial charge in [-0.15, -0.1) is 0 Å². The van der Waals surface area contributed by atoms with Crippen molar-refractivity contribution in [3.63, 3.8) is 0 Å². The van der Waals surface area contributed by atoms with E-state index in [-0.39, 0.29) is 17.7 Å². The number of nitrogens with one attached hydrogen (secondary N) is 1. The highest BCUT2D eigenvalue weighted by molar-refractivity contribution is 5.91. The van der Waals surface area contributed by atoms with Gasteiger partial charge < -0.3 is 9.73 Å². The van der Waals surface area contributed by atoms with Gasteiger partial charge in [-0.3, -0.25) is 14.2 Å². The first kappa shape index (κ1) is 18.7. The number of aromatic nitrogens is 4. The summed E-state index contributed by atoms with van der Waals surface area (Å²) >= 11 is 0. The highest BCUT2D eigenvalue weighted by Crippen LogP contribution is 2.21. The van der Waals surface area contributed by atoms with Crippen LogP contribution in [-0.4, -0.2) is 25.1 Å². The van der Waals surface area contributed by atoms with Crippen molar-refractivity contribution in [1.29, 1.82) is 0 Å². The fourth-order valence-corrected chi connectivity index (χ4v) is 3.32. The summed E-state index contributed by atoms with van der Waals surface area (Å²) in [6.07, 6.45) is 3.04. The molecule has 0 fully saturated rings. The topological polar surface area (TPSA) is 94.4 Å². The lowest BCUT2D eigenvalue weighted by atomic mass is 10.3. The Morgan fingerprint density at radius 3 is 2.71 bits per heavy atom. The molecular weight excluding hydrogens is 408 g/mol. The fraction of sp³-hybridized carbons (Fsp3) is 0.0476. The quantitative estimate of drug-likeness (QED) is 0.481. The van der Waals surface area contributed by atoms with Crippen LogP contribution in [0.1, 0.15) is 0 Å². The van der Waals surface area contributed by atoms with Gasteiger partial charge >= 0.3 is 0 Å². The molecule has 0 aliphatic rings. The van der Waals surface area contributed by atoms with Crippen molar-refractivity contribution in [3.05, 3.63) is 83.0 Å². The average Bonchev–Trinajstić information content (AvgIpc) is 3.44.